The van der Waals surface area contributed by atoms with E-state index in [4.69, 9.17) is 10.00 Å². The number of rotatable bonds is 1. The Labute approximate surface area is 101 Å². The second-order valence-electron chi connectivity index (χ2n) is 4.44. The topological polar surface area (TPSA) is 50.1 Å². The van der Waals surface area contributed by atoms with E-state index in [-0.39, 0.29) is 5.97 Å². The maximum Gasteiger partial charge on any atom is 0.338 e. The molecule has 0 atom stereocenters. The number of carbonyl (C=O) groups excluding carboxylic acids is 1. The SMILES string of the molecule is CC(C)(C)OC(=O)c1ccc(C#CC#N)cc1. The summed E-state index contributed by atoms with van der Waals surface area (Å²) in [6.45, 7) is 5.45. The first-order valence-corrected chi connectivity index (χ1v) is 5.16. The molecule has 0 N–H and O–H groups in total. The zero-order valence-corrected chi connectivity index (χ0v) is 10.1. The summed E-state index contributed by atoms with van der Waals surface area (Å²) in [5.74, 6) is 4.57. The van der Waals surface area contributed by atoms with E-state index in [1.807, 2.05) is 20.8 Å². The molecule has 1 aromatic carbocycles. The first-order valence-electron chi connectivity index (χ1n) is 5.16. The lowest BCUT2D eigenvalue weighted by molar-refractivity contribution is 0.00696. The van der Waals surface area contributed by atoms with Gasteiger partial charge in [0.25, 0.3) is 0 Å². The molecule has 0 aliphatic heterocycles. The van der Waals surface area contributed by atoms with Crippen LogP contribution in [0.4, 0.5) is 0 Å². The lowest BCUT2D eigenvalue weighted by atomic mass is 10.1. The normalized spacial score (nSPS) is 9.76. The van der Waals surface area contributed by atoms with Gasteiger partial charge in [-0.25, -0.2) is 4.79 Å². The zero-order valence-electron chi connectivity index (χ0n) is 10.1. The Bertz CT molecular complexity index is 504. The molecular formula is C14H13NO2. The van der Waals surface area contributed by atoms with E-state index in [9.17, 15) is 4.79 Å². The second-order valence-corrected chi connectivity index (χ2v) is 4.44. The van der Waals surface area contributed by atoms with Gasteiger partial charge >= 0.3 is 5.97 Å². The average Bonchev–Trinajstić information content (AvgIpc) is 2.24. The lowest BCUT2D eigenvalue weighted by Crippen LogP contribution is -2.23. The highest BCUT2D eigenvalue weighted by Crippen LogP contribution is 2.12. The van der Waals surface area contributed by atoms with Crippen LogP contribution in [0, 0.1) is 23.2 Å². The van der Waals surface area contributed by atoms with Gasteiger partial charge in [0.15, 0.2) is 6.07 Å². The molecule has 1 aromatic rings. The fraction of sp³-hybridized carbons (Fsp3) is 0.286. The van der Waals surface area contributed by atoms with E-state index in [0.29, 0.717) is 11.1 Å². The number of ether oxygens (including phenoxy) is 1. The summed E-state index contributed by atoms with van der Waals surface area (Å²) < 4.78 is 5.22. The van der Waals surface area contributed by atoms with E-state index < -0.39 is 5.60 Å². The Morgan fingerprint density at radius 2 is 1.82 bits per heavy atom. The standard InChI is InChI=1S/C14H13NO2/c1-14(2,3)17-13(16)12-8-6-11(7-9-12)5-4-10-15/h6-9H,1-3H3. The van der Waals surface area contributed by atoms with Gasteiger partial charge in [0, 0.05) is 11.5 Å². The molecule has 0 saturated carbocycles. The molecule has 17 heavy (non-hydrogen) atoms. The van der Waals surface area contributed by atoms with E-state index in [1.54, 1.807) is 30.3 Å². The van der Waals surface area contributed by atoms with Gasteiger partial charge in [-0.15, -0.1) is 0 Å². The van der Waals surface area contributed by atoms with Crippen LogP contribution < -0.4 is 0 Å². The maximum absolute atomic E-state index is 11.7. The molecule has 0 radical (unpaired) electrons. The van der Waals surface area contributed by atoms with Crippen LogP contribution in [0.2, 0.25) is 0 Å². The Morgan fingerprint density at radius 3 is 2.29 bits per heavy atom. The number of hydrogen-bond donors (Lipinski definition) is 0. The maximum atomic E-state index is 11.7. The molecule has 0 saturated heterocycles. The molecule has 0 fully saturated rings. The fourth-order valence-corrected chi connectivity index (χ4v) is 1.13. The highest BCUT2D eigenvalue weighted by molar-refractivity contribution is 5.89. The molecule has 0 unspecified atom stereocenters. The van der Waals surface area contributed by atoms with Crippen molar-refractivity contribution in [2.45, 2.75) is 26.4 Å². The van der Waals surface area contributed by atoms with Gasteiger partial charge in [0.2, 0.25) is 0 Å². The smallest absolute Gasteiger partial charge is 0.338 e. The molecule has 3 heteroatoms. The minimum atomic E-state index is -0.504. The molecule has 0 aromatic heterocycles. The molecule has 0 bridgehead atoms. The molecule has 0 spiro atoms. The van der Waals surface area contributed by atoms with Gasteiger partial charge in [0.1, 0.15) is 5.60 Å². The Kier molecular flexibility index (Phi) is 3.91. The summed E-state index contributed by atoms with van der Waals surface area (Å²) in [5, 5.41) is 8.30. The van der Waals surface area contributed by atoms with Crippen LogP contribution >= 0.6 is 0 Å². The number of nitriles is 1. The van der Waals surface area contributed by atoms with Crippen LogP contribution in [-0.2, 0) is 4.74 Å². The van der Waals surface area contributed by atoms with Crippen LogP contribution in [0.15, 0.2) is 24.3 Å². The highest BCUT2D eigenvalue weighted by Gasteiger charge is 2.17. The summed E-state index contributed by atoms with van der Waals surface area (Å²) in [4.78, 5) is 11.7. The molecule has 3 nitrogen and oxygen atoms in total. The Balaban J connectivity index is 2.82. The fourth-order valence-electron chi connectivity index (χ4n) is 1.13. The van der Waals surface area contributed by atoms with Crippen molar-refractivity contribution in [1.82, 2.24) is 0 Å². The van der Waals surface area contributed by atoms with Crippen LogP contribution in [0.3, 0.4) is 0 Å². The molecular weight excluding hydrogens is 214 g/mol. The predicted octanol–water partition coefficient (Wildman–Crippen LogP) is 2.52. The van der Waals surface area contributed by atoms with E-state index in [2.05, 4.69) is 11.8 Å². The van der Waals surface area contributed by atoms with Crippen molar-refractivity contribution in [1.29, 1.82) is 5.26 Å². The Hall–Kier alpha value is -2.26. The molecule has 86 valence electrons. The van der Waals surface area contributed by atoms with Crippen LogP contribution in [-0.4, -0.2) is 11.6 Å². The largest absolute Gasteiger partial charge is 0.456 e. The van der Waals surface area contributed by atoms with E-state index in [0.717, 1.165) is 0 Å². The summed E-state index contributed by atoms with van der Waals surface area (Å²) in [6.07, 6.45) is 0. The predicted molar refractivity (Wildman–Crippen MR) is 64.1 cm³/mol. The third kappa shape index (κ3) is 4.40. The first kappa shape index (κ1) is 12.8. The highest BCUT2D eigenvalue weighted by atomic mass is 16.6. The van der Waals surface area contributed by atoms with Gasteiger partial charge in [-0.1, -0.05) is 5.92 Å². The summed E-state index contributed by atoms with van der Waals surface area (Å²) >= 11 is 0. The molecule has 0 heterocycles. The molecule has 0 aliphatic carbocycles. The summed E-state index contributed by atoms with van der Waals surface area (Å²) in [6, 6.07) is 8.37. The van der Waals surface area contributed by atoms with Crippen molar-refractivity contribution in [3.63, 3.8) is 0 Å². The number of esters is 1. The monoisotopic (exact) mass is 227 g/mol. The quantitative estimate of drug-likeness (QED) is 0.547. The summed E-state index contributed by atoms with van der Waals surface area (Å²) in [5.41, 5.74) is 0.664. The molecule has 0 amide bonds. The Morgan fingerprint density at radius 1 is 1.24 bits per heavy atom. The number of nitrogens with zero attached hydrogens (tertiary/aromatic N) is 1. The third-order valence-corrected chi connectivity index (χ3v) is 1.78. The van der Waals surface area contributed by atoms with Crippen LogP contribution in [0.1, 0.15) is 36.7 Å². The van der Waals surface area contributed by atoms with E-state index in [1.165, 1.54) is 0 Å². The van der Waals surface area contributed by atoms with Crippen molar-refractivity contribution in [3.8, 4) is 17.9 Å². The van der Waals surface area contributed by atoms with Gasteiger partial charge in [-0.05, 0) is 45.0 Å². The van der Waals surface area contributed by atoms with Crippen LogP contribution in [0.5, 0.6) is 0 Å². The van der Waals surface area contributed by atoms with Gasteiger partial charge in [-0.2, -0.15) is 5.26 Å². The average molecular weight is 227 g/mol. The number of hydrogen-bond acceptors (Lipinski definition) is 3. The van der Waals surface area contributed by atoms with Gasteiger partial charge < -0.3 is 4.74 Å². The zero-order chi connectivity index (χ0) is 12.9. The van der Waals surface area contributed by atoms with Crippen molar-refractivity contribution < 1.29 is 9.53 Å². The first-order chi connectivity index (χ1) is 7.92. The molecule has 0 aliphatic rings. The van der Waals surface area contributed by atoms with Crippen molar-refractivity contribution in [2.24, 2.45) is 0 Å². The number of benzene rings is 1. The van der Waals surface area contributed by atoms with Crippen LogP contribution in [0.25, 0.3) is 0 Å². The van der Waals surface area contributed by atoms with Crippen molar-refractivity contribution in [2.75, 3.05) is 0 Å². The van der Waals surface area contributed by atoms with Crippen molar-refractivity contribution in [3.05, 3.63) is 35.4 Å². The summed E-state index contributed by atoms with van der Waals surface area (Å²) in [7, 11) is 0. The third-order valence-electron chi connectivity index (χ3n) is 1.78. The molecule has 1 rings (SSSR count). The van der Waals surface area contributed by atoms with E-state index >= 15 is 0 Å². The minimum Gasteiger partial charge on any atom is -0.456 e. The lowest BCUT2D eigenvalue weighted by Gasteiger charge is -2.19. The minimum absolute atomic E-state index is 0.364. The van der Waals surface area contributed by atoms with Gasteiger partial charge in [0.05, 0.1) is 5.56 Å². The van der Waals surface area contributed by atoms with Gasteiger partial charge in [-0.3, -0.25) is 0 Å². The second kappa shape index (κ2) is 5.18. The van der Waals surface area contributed by atoms with Crippen molar-refractivity contribution >= 4 is 5.97 Å². The number of carbonyl (C=O) groups is 1.